The van der Waals surface area contributed by atoms with E-state index in [0.717, 1.165) is 12.0 Å². The second-order valence-electron chi connectivity index (χ2n) is 4.24. The van der Waals surface area contributed by atoms with Crippen LogP contribution in [0.2, 0.25) is 5.02 Å². The van der Waals surface area contributed by atoms with Gasteiger partial charge in [-0.15, -0.1) is 0 Å². The first kappa shape index (κ1) is 16.8. The number of nitrogens with two attached hydrogens (primary N) is 1. The molecule has 6 heteroatoms. The molecule has 0 radical (unpaired) electrons. The van der Waals surface area contributed by atoms with Crippen LogP contribution < -0.4 is 15.8 Å². The zero-order valence-corrected chi connectivity index (χ0v) is 12.4. The Balaban J connectivity index is 2.44. The molecule has 0 aliphatic carbocycles. The highest BCUT2D eigenvalue weighted by atomic mass is 35.5. The molecule has 0 atom stereocenters. The highest BCUT2D eigenvalue weighted by Gasteiger charge is 2.09. The molecule has 0 bridgehead atoms. The maximum atomic E-state index is 11.6. The molecule has 0 fully saturated rings. The third kappa shape index (κ3) is 5.77. The second-order valence-corrected chi connectivity index (χ2v) is 4.65. The number of hydrogen-bond donors (Lipinski definition) is 2. The van der Waals surface area contributed by atoms with Gasteiger partial charge in [0.2, 0.25) is 0 Å². The fourth-order valence-corrected chi connectivity index (χ4v) is 1.96. The number of amides is 1. The zero-order valence-electron chi connectivity index (χ0n) is 11.7. The normalized spacial score (nSPS) is 10.3. The Hall–Kier alpha value is -1.30. The molecule has 112 valence electrons. The SMILES string of the molecule is COCCCNC(=O)COc1cccc(Cl)c1CCN. The van der Waals surface area contributed by atoms with E-state index in [0.29, 0.717) is 36.9 Å². The van der Waals surface area contributed by atoms with Crippen LogP contribution in [0.25, 0.3) is 0 Å². The monoisotopic (exact) mass is 300 g/mol. The van der Waals surface area contributed by atoms with E-state index in [1.807, 2.05) is 0 Å². The van der Waals surface area contributed by atoms with Crippen LogP contribution in [0, 0.1) is 0 Å². The zero-order chi connectivity index (χ0) is 14.8. The molecule has 0 aliphatic heterocycles. The van der Waals surface area contributed by atoms with Crippen molar-refractivity contribution in [2.75, 3.05) is 33.4 Å². The molecule has 0 aliphatic rings. The lowest BCUT2D eigenvalue weighted by Gasteiger charge is -2.12. The van der Waals surface area contributed by atoms with Crippen molar-refractivity contribution in [3.8, 4) is 5.75 Å². The van der Waals surface area contributed by atoms with Crippen molar-refractivity contribution in [2.24, 2.45) is 5.73 Å². The van der Waals surface area contributed by atoms with E-state index in [2.05, 4.69) is 5.32 Å². The van der Waals surface area contributed by atoms with Gasteiger partial charge in [0.15, 0.2) is 6.61 Å². The highest BCUT2D eigenvalue weighted by Crippen LogP contribution is 2.26. The predicted molar refractivity (Wildman–Crippen MR) is 79.2 cm³/mol. The van der Waals surface area contributed by atoms with Gasteiger partial charge < -0.3 is 20.5 Å². The average molecular weight is 301 g/mol. The van der Waals surface area contributed by atoms with Crippen molar-refractivity contribution in [3.05, 3.63) is 28.8 Å². The number of benzene rings is 1. The lowest BCUT2D eigenvalue weighted by Crippen LogP contribution is -2.30. The minimum absolute atomic E-state index is 0.0368. The summed E-state index contributed by atoms with van der Waals surface area (Å²) in [5.41, 5.74) is 6.38. The van der Waals surface area contributed by atoms with Gasteiger partial charge in [-0.05, 0) is 31.5 Å². The summed E-state index contributed by atoms with van der Waals surface area (Å²) in [5.74, 6) is 0.440. The summed E-state index contributed by atoms with van der Waals surface area (Å²) in [5, 5.41) is 3.36. The summed E-state index contributed by atoms with van der Waals surface area (Å²) in [4.78, 5) is 11.6. The van der Waals surface area contributed by atoms with Crippen LogP contribution in [0.3, 0.4) is 0 Å². The third-order valence-corrected chi connectivity index (χ3v) is 3.03. The lowest BCUT2D eigenvalue weighted by molar-refractivity contribution is -0.123. The van der Waals surface area contributed by atoms with Gasteiger partial charge in [-0.25, -0.2) is 0 Å². The maximum Gasteiger partial charge on any atom is 0.257 e. The molecule has 0 aromatic heterocycles. The molecule has 0 unspecified atom stereocenters. The van der Waals surface area contributed by atoms with E-state index in [-0.39, 0.29) is 12.5 Å². The number of hydrogen-bond acceptors (Lipinski definition) is 4. The molecule has 1 amide bonds. The Morgan fingerprint density at radius 2 is 2.25 bits per heavy atom. The van der Waals surface area contributed by atoms with E-state index in [9.17, 15) is 4.79 Å². The molecule has 1 rings (SSSR count). The molecule has 0 saturated heterocycles. The van der Waals surface area contributed by atoms with Crippen molar-refractivity contribution in [1.82, 2.24) is 5.32 Å². The Bertz CT molecular complexity index is 427. The molecular weight excluding hydrogens is 280 g/mol. The number of ether oxygens (including phenoxy) is 2. The first-order valence-electron chi connectivity index (χ1n) is 6.55. The molecule has 1 aromatic carbocycles. The van der Waals surface area contributed by atoms with Crippen LogP contribution in [-0.2, 0) is 16.0 Å². The summed E-state index contributed by atoms with van der Waals surface area (Å²) in [6.45, 7) is 1.63. The van der Waals surface area contributed by atoms with Crippen molar-refractivity contribution < 1.29 is 14.3 Å². The number of nitrogens with one attached hydrogen (secondary N) is 1. The van der Waals surface area contributed by atoms with Gasteiger partial charge in [-0.1, -0.05) is 17.7 Å². The molecule has 0 saturated carbocycles. The number of carbonyl (C=O) groups is 1. The first-order chi connectivity index (χ1) is 9.69. The first-order valence-corrected chi connectivity index (χ1v) is 6.92. The van der Waals surface area contributed by atoms with Crippen LogP contribution in [-0.4, -0.2) is 39.3 Å². The highest BCUT2D eigenvalue weighted by molar-refractivity contribution is 6.31. The van der Waals surface area contributed by atoms with Crippen LogP contribution >= 0.6 is 11.6 Å². The van der Waals surface area contributed by atoms with E-state index in [4.69, 9.17) is 26.8 Å². The van der Waals surface area contributed by atoms with Gasteiger partial charge in [0.1, 0.15) is 5.75 Å². The van der Waals surface area contributed by atoms with Gasteiger partial charge in [-0.2, -0.15) is 0 Å². The van der Waals surface area contributed by atoms with Crippen LogP contribution in [0.4, 0.5) is 0 Å². The number of halogens is 1. The van der Waals surface area contributed by atoms with E-state index < -0.39 is 0 Å². The standard InChI is InChI=1S/C14H21ClN2O3/c1-19-9-3-8-17-14(18)10-20-13-5-2-4-12(15)11(13)6-7-16/h2,4-5H,3,6-10,16H2,1H3,(H,17,18). The van der Waals surface area contributed by atoms with Crippen LogP contribution in [0.5, 0.6) is 5.75 Å². The Morgan fingerprint density at radius 1 is 1.45 bits per heavy atom. The van der Waals surface area contributed by atoms with E-state index in [1.54, 1.807) is 25.3 Å². The quantitative estimate of drug-likeness (QED) is 0.676. The molecular formula is C14H21ClN2O3. The molecule has 0 spiro atoms. The van der Waals surface area contributed by atoms with Crippen molar-refractivity contribution in [3.63, 3.8) is 0 Å². The Morgan fingerprint density at radius 3 is 2.95 bits per heavy atom. The number of carbonyl (C=O) groups excluding carboxylic acids is 1. The Labute approximate surface area is 124 Å². The average Bonchev–Trinajstić information content (AvgIpc) is 2.44. The lowest BCUT2D eigenvalue weighted by atomic mass is 10.1. The fourth-order valence-electron chi connectivity index (χ4n) is 1.70. The minimum atomic E-state index is -0.167. The van der Waals surface area contributed by atoms with Crippen LogP contribution in [0.1, 0.15) is 12.0 Å². The maximum absolute atomic E-state index is 11.6. The summed E-state index contributed by atoms with van der Waals surface area (Å²) in [6.07, 6.45) is 1.39. The van der Waals surface area contributed by atoms with Gasteiger partial charge in [0.05, 0.1) is 0 Å². The van der Waals surface area contributed by atoms with Crippen molar-refractivity contribution in [2.45, 2.75) is 12.8 Å². The van der Waals surface area contributed by atoms with Gasteiger partial charge in [-0.3, -0.25) is 4.79 Å². The van der Waals surface area contributed by atoms with Gasteiger partial charge in [0.25, 0.3) is 5.91 Å². The fraction of sp³-hybridized carbons (Fsp3) is 0.500. The predicted octanol–water partition coefficient (Wildman–Crippen LogP) is 1.37. The van der Waals surface area contributed by atoms with Gasteiger partial charge in [0, 0.05) is 30.8 Å². The van der Waals surface area contributed by atoms with Crippen LogP contribution in [0.15, 0.2) is 18.2 Å². The largest absolute Gasteiger partial charge is 0.483 e. The number of methoxy groups -OCH3 is 1. The summed E-state index contributed by atoms with van der Waals surface area (Å²) in [7, 11) is 1.63. The molecule has 1 aromatic rings. The van der Waals surface area contributed by atoms with E-state index >= 15 is 0 Å². The number of rotatable bonds is 9. The Kier molecular flexibility index (Phi) is 8.02. The molecule has 0 heterocycles. The van der Waals surface area contributed by atoms with E-state index in [1.165, 1.54) is 0 Å². The molecule has 20 heavy (non-hydrogen) atoms. The minimum Gasteiger partial charge on any atom is -0.483 e. The summed E-state index contributed by atoms with van der Waals surface area (Å²) >= 11 is 6.09. The topological polar surface area (TPSA) is 73.6 Å². The summed E-state index contributed by atoms with van der Waals surface area (Å²) < 4.78 is 10.4. The van der Waals surface area contributed by atoms with Crippen molar-refractivity contribution in [1.29, 1.82) is 0 Å². The third-order valence-electron chi connectivity index (χ3n) is 2.68. The smallest absolute Gasteiger partial charge is 0.257 e. The molecule has 5 nitrogen and oxygen atoms in total. The van der Waals surface area contributed by atoms with Gasteiger partial charge >= 0.3 is 0 Å². The summed E-state index contributed by atoms with van der Waals surface area (Å²) in [6, 6.07) is 5.35. The molecule has 3 N–H and O–H groups in total. The second kappa shape index (κ2) is 9.58. The van der Waals surface area contributed by atoms with Crippen molar-refractivity contribution >= 4 is 17.5 Å².